The molecule has 0 atom stereocenters. The average Bonchev–Trinajstić information content (AvgIpc) is 2.92. The molecule has 0 aliphatic heterocycles. The van der Waals surface area contributed by atoms with E-state index in [-0.39, 0.29) is 30.3 Å². The summed E-state index contributed by atoms with van der Waals surface area (Å²) in [5, 5.41) is 3.08. The summed E-state index contributed by atoms with van der Waals surface area (Å²) >= 11 is 1.09. The van der Waals surface area contributed by atoms with Crippen molar-refractivity contribution in [3.63, 3.8) is 0 Å². The normalized spacial score (nSPS) is 10.3. The van der Waals surface area contributed by atoms with Gasteiger partial charge < -0.3 is 14.8 Å². The van der Waals surface area contributed by atoms with E-state index in [1.165, 1.54) is 6.92 Å². The first kappa shape index (κ1) is 19.7. The first-order valence-electron chi connectivity index (χ1n) is 8.11. The molecule has 0 radical (unpaired) electrons. The van der Waals surface area contributed by atoms with Gasteiger partial charge in [-0.1, -0.05) is 12.1 Å². The molecule has 7 heteroatoms. The van der Waals surface area contributed by atoms with Gasteiger partial charge in [0.15, 0.2) is 5.78 Å². The number of Topliss-reactive ketones (excluding diaryl/α,β-unsaturated/α-hetero) is 1. The molecule has 0 saturated carbocycles. The largest absolute Gasteiger partial charge is 0.497 e. The predicted octanol–water partition coefficient (Wildman–Crippen LogP) is 3.63. The third kappa shape index (κ3) is 4.49. The van der Waals surface area contributed by atoms with Crippen molar-refractivity contribution in [2.24, 2.45) is 0 Å². The van der Waals surface area contributed by atoms with Crippen molar-refractivity contribution in [1.29, 1.82) is 0 Å². The number of ether oxygens (including phenoxy) is 2. The fourth-order valence-electron chi connectivity index (χ4n) is 2.49. The molecule has 1 heterocycles. The van der Waals surface area contributed by atoms with Crippen LogP contribution in [0.15, 0.2) is 24.3 Å². The second kappa shape index (κ2) is 8.62. The Balaban J connectivity index is 2.23. The van der Waals surface area contributed by atoms with Crippen molar-refractivity contribution in [3.05, 3.63) is 45.8 Å². The highest BCUT2D eigenvalue weighted by atomic mass is 32.1. The number of amides is 1. The van der Waals surface area contributed by atoms with E-state index in [2.05, 4.69) is 5.32 Å². The summed E-state index contributed by atoms with van der Waals surface area (Å²) in [7, 11) is 1.57. The average molecular weight is 375 g/mol. The van der Waals surface area contributed by atoms with Crippen LogP contribution >= 0.6 is 11.3 Å². The van der Waals surface area contributed by atoms with Crippen molar-refractivity contribution in [2.45, 2.75) is 27.2 Å². The van der Waals surface area contributed by atoms with Crippen LogP contribution in [-0.2, 0) is 16.0 Å². The lowest BCUT2D eigenvalue weighted by atomic mass is 10.1. The van der Waals surface area contributed by atoms with Gasteiger partial charge in [-0.15, -0.1) is 11.3 Å². The van der Waals surface area contributed by atoms with Gasteiger partial charge in [-0.2, -0.15) is 0 Å². The zero-order valence-corrected chi connectivity index (χ0v) is 16.0. The predicted molar refractivity (Wildman–Crippen MR) is 100 cm³/mol. The van der Waals surface area contributed by atoms with Gasteiger partial charge in [0.25, 0.3) is 0 Å². The number of thiophene rings is 1. The molecule has 1 amide bonds. The number of nitrogens with one attached hydrogen (secondary N) is 1. The molecule has 1 N–H and O–H groups in total. The highest BCUT2D eigenvalue weighted by molar-refractivity contribution is 7.18. The highest BCUT2D eigenvalue weighted by Gasteiger charge is 2.25. The molecule has 0 unspecified atom stereocenters. The summed E-state index contributed by atoms with van der Waals surface area (Å²) in [5.41, 5.74) is 1.58. The molecule has 0 spiro atoms. The van der Waals surface area contributed by atoms with Gasteiger partial charge in [-0.25, -0.2) is 4.79 Å². The van der Waals surface area contributed by atoms with Crippen molar-refractivity contribution in [1.82, 2.24) is 0 Å². The maximum atomic E-state index is 12.4. The van der Waals surface area contributed by atoms with Crippen LogP contribution in [0, 0.1) is 6.92 Å². The first-order chi connectivity index (χ1) is 12.4. The van der Waals surface area contributed by atoms with Gasteiger partial charge in [0.2, 0.25) is 5.91 Å². The van der Waals surface area contributed by atoms with Crippen molar-refractivity contribution >= 4 is 34.0 Å². The van der Waals surface area contributed by atoms with Gasteiger partial charge in [0, 0.05) is 0 Å². The lowest BCUT2D eigenvalue weighted by Crippen LogP contribution is -2.16. The van der Waals surface area contributed by atoms with E-state index in [1.807, 2.05) is 0 Å². The molecule has 0 fully saturated rings. The minimum atomic E-state index is -0.548. The van der Waals surface area contributed by atoms with Crippen LogP contribution in [0.1, 0.15) is 45.0 Å². The Hall–Kier alpha value is -2.67. The SMILES string of the molecule is CCOC(=O)c1c(NC(=O)Cc2ccc(OC)cc2)sc(C(C)=O)c1C. The van der Waals surface area contributed by atoms with Crippen LogP contribution in [0.3, 0.4) is 0 Å². The zero-order chi connectivity index (χ0) is 19.3. The molecular weight excluding hydrogens is 354 g/mol. The lowest BCUT2D eigenvalue weighted by Gasteiger charge is -2.07. The molecule has 0 saturated heterocycles. The zero-order valence-electron chi connectivity index (χ0n) is 15.2. The number of benzene rings is 1. The summed E-state index contributed by atoms with van der Waals surface area (Å²) in [6, 6.07) is 7.14. The standard InChI is InChI=1S/C19H21NO5S/c1-5-25-19(23)16-11(2)17(12(3)21)26-18(16)20-15(22)10-13-6-8-14(24-4)9-7-13/h6-9H,5,10H2,1-4H3,(H,20,22). The number of hydrogen-bond donors (Lipinski definition) is 1. The maximum absolute atomic E-state index is 12.4. The van der Waals surface area contributed by atoms with Crippen LogP contribution < -0.4 is 10.1 Å². The van der Waals surface area contributed by atoms with Crippen LogP contribution in [0.4, 0.5) is 5.00 Å². The monoisotopic (exact) mass is 375 g/mol. The molecule has 1 aromatic carbocycles. The highest BCUT2D eigenvalue weighted by Crippen LogP contribution is 2.34. The van der Waals surface area contributed by atoms with Crippen LogP contribution in [0.25, 0.3) is 0 Å². The third-order valence-electron chi connectivity index (χ3n) is 3.72. The summed E-state index contributed by atoms with van der Waals surface area (Å²) in [5.74, 6) is -0.280. The van der Waals surface area contributed by atoms with Crippen LogP contribution in [0.2, 0.25) is 0 Å². The molecule has 2 aromatic rings. The van der Waals surface area contributed by atoms with Gasteiger partial charge >= 0.3 is 5.97 Å². The number of anilines is 1. The number of methoxy groups -OCH3 is 1. The molecule has 26 heavy (non-hydrogen) atoms. The minimum absolute atomic E-state index is 0.138. The van der Waals surface area contributed by atoms with Gasteiger partial charge in [-0.3, -0.25) is 9.59 Å². The first-order valence-corrected chi connectivity index (χ1v) is 8.93. The fourth-order valence-corrected chi connectivity index (χ4v) is 3.59. The van der Waals surface area contributed by atoms with E-state index in [4.69, 9.17) is 9.47 Å². The second-order valence-corrected chi connectivity index (χ2v) is 6.63. The van der Waals surface area contributed by atoms with Crippen molar-refractivity contribution in [3.8, 4) is 5.75 Å². The number of esters is 1. The molecule has 6 nitrogen and oxygen atoms in total. The smallest absolute Gasteiger partial charge is 0.341 e. The number of ketones is 1. The van der Waals surface area contributed by atoms with E-state index < -0.39 is 5.97 Å². The van der Waals surface area contributed by atoms with Crippen molar-refractivity contribution in [2.75, 3.05) is 19.0 Å². The van der Waals surface area contributed by atoms with E-state index in [9.17, 15) is 14.4 Å². The van der Waals surface area contributed by atoms with Crippen LogP contribution in [0.5, 0.6) is 5.75 Å². The number of hydrogen-bond acceptors (Lipinski definition) is 6. The van der Waals surface area contributed by atoms with E-state index >= 15 is 0 Å². The topological polar surface area (TPSA) is 81.7 Å². The van der Waals surface area contributed by atoms with E-state index in [1.54, 1.807) is 45.2 Å². The molecule has 0 aliphatic rings. The van der Waals surface area contributed by atoms with Gasteiger partial charge in [0.05, 0.1) is 30.6 Å². The summed E-state index contributed by atoms with van der Waals surface area (Å²) in [6.45, 7) is 5.02. The Morgan fingerprint density at radius 3 is 2.35 bits per heavy atom. The second-order valence-electron chi connectivity index (χ2n) is 5.61. The molecule has 0 aliphatic carbocycles. The molecule has 1 aromatic heterocycles. The Morgan fingerprint density at radius 1 is 1.15 bits per heavy atom. The summed E-state index contributed by atoms with van der Waals surface area (Å²) in [4.78, 5) is 36.8. The van der Waals surface area contributed by atoms with Crippen molar-refractivity contribution < 1.29 is 23.9 Å². The van der Waals surface area contributed by atoms with Gasteiger partial charge in [-0.05, 0) is 44.0 Å². The van der Waals surface area contributed by atoms with Crippen LogP contribution in [-0.4, -0.2) is 31.4 Å². The summed E-state index contributed by atoms with van der Waals surface area (Å²) in [6.07, 6.45) is 0.138. The third-order valence-corrected chi connectivity index (χ3v) is 5.03. The Labute approximate surface area is 156 Å². The number of rotatable bonds is 7. The Morgan fingerprint density at radius 2 is 1.81 bits per heavy atom. The van der Waals surface area contributed by atoms with E-state index in [0.717, 1.165) is 16.9 Å². The Bertz CT molecular complexity index is 823. The quantitative estimate of drug-likeness (QED) is 0.590. The number of carbonyl (C=O) groups excluding carboxylic acids is 3. The maximum Gasteiger partial charge on any atom is 0.341 e. The fraction of sp³-hybridized carbons (Fsp3) is 0.316. The summed E-state index contributed by atoms with van der Waals surface area (Å²) < 4.78 is 10.2. The molecule has 138 valence electrons. The van der Waals surface area contributed by atoms with Gasteiger partial charge in [0.1, 0.15) is 10.8 Å². The molecule has 2 rings (SSSR count). The lowest BCUT2D eigenvalue weighted by molar-refractivity contribution is -0.115. The molecular formula is C19H21NO5S. The minimum Gasteiger partial charge on any atom is -0.497 e. The van der Waals surface area contributed by atoms with E-state index in [0.29, 0.717) is 21.2 Å². The Kier molecular flexibility index (Phi) is 6.52. The molecule has 0 bridgehead atoms. The number of carbonyl (C=O) groups is 3.